The van der Waals surface area contributed by atoms with Crippen molar-refractivity contribution < 1.29 is 0 Å². The Labute approximate surface area is 86.2 Å². The molecule has 0 amide bonds. The monoisotopic (exact) mass is 202 g/mol. The van der Waals surface area contributed by atoms with E-state index < -0.39 is 0 Å². The molecule has 2 atom stereocenters. The van der Waals surface area contributed by atoms with E-state index in [1.54, 1.807) is 0 Å². The van der Waals surface area contributed by atoms with Crippen LogP contribution in [0.3, 0.4) is 0 Å². The van der Waals surface area contributed by atoms with Gasteiger partial charge < -0.3 is 5.73 Å². The van der Waals surface area contributed by atoms with E-state index in [9.17, 15) is 0 Å². The van der Waals surface area contributed by atoms with Gasteiger partial charge in [-0.25, -0.2) is 0 Å². The Kier molecular flexibility index (Phi) is 4.07. The van der Waals surface area contributed by atoms with Crippen molar-refractivity contribution in [3.05, 3.63) is 0 Å². The second-order valence-corrected chi connectivity index (χ2v) is 5.55. The van der Waals surface area contributed by atoms with Crippen molar-refractivity contribution in [2.45, 2.75) is 38.8 Å². The molecule has 1 heterocycles. The van der Waals surface area contributed by atoms with E-state index in [0.717, 1.165) is 13.0 Å². The minimum Gasteiger partial charge on any atom is -0.324 e. The molecule has 0 bridgehead atoms. The zero-order valence-corrected chi connectivity index (χ0v) is 9.86. The summed E-state index contributed by atoms with van der Waals surface area (Å²) in [6.07, 6.45) is 1.06. The van der Waals surface area contributed by atoms with E-state index in [-0.39, 0.29) is 5.54 Å². The quantitative estimate of drug-likeness (QED) is 0.753. The van der Waals surface area contributed by atoms with Gasteiger partial charge in [0.15, 0.2) is 0 Å². The van der Waals surface area contributed by atoms with E-state index in [1.807, 2.05) is 0 Å². The molecule has 2 unspecified atom stereocenters. The molecule has 1 fully saturated rings. The van der Waals surface area contributed by atoms with Crippen molar-refractivity contribution in [3.8, 4) is 0 Å². The van der Waals surface area contributed by atoms with Crippen LogP contribution in [0.4, 0.5) is 0 Å². The smallest absolute Gasteiger partial charge is 0.0252 e. The SMILES string of the molecule is CCC(C)(N)CN1CCSCC1C. The van der Waals surface area contributed by atoms with Crippen LogP contribution in [0, 0.1) is 0 Å². The lowest BCUT2D eigenvalue weighted by molar-refractivity contribution is 0.182. The predicted molar refractivity (Wildman–Crippen MR) is 61.2 cm³/mol. The highest BCUT2D eigenvalue weighted by molar-refractivity contribution is 7.99. The molecule has 0 aromatic rings. The van der Waals surface area contributed by atoms with Crippen molar-refractivity contribution in [3.63, 3.8) is 0 Å². The first-order chi connectivity index (χ1) is 6.05. The number of nitrogens with zero attached hydrogens (tertiary/aromatic N) is 1. The molecule has 2 N–H and O–H groups in total. The minimum absolute atomic E-state index is 0.00370. The maximum Gasteiger partial charge on any atom is 0.0252 e. The van der Waals surface area contributed by atoms with Gasteiger partial charge in [0.05, 0.1) is 0 Å². The summed E-state index contributed by atoms with van der Waals surface area (Å²) in [5.74, 6) is 2.53. The van der Waals surface area contributed by atoms with Crippen molar-refractivity contribution in [2.24, 2.45) is 5.73 Å². The van der Waals surface area contributed by atoms with E-state index in [2.05, 4.69) is 37.4 Å². The molecule has 2 nitrogen and oxygen atoms in total. The van der Waals surface area contributed by atoms with E-state index in [0.29, 0.717) is 6.04 Å². The molecule has 0 aromatic carbocycles. The van der Waals surface area contributed by atoms with Crippen LogP contribution < -0.4 is 5.73 Å². The predicted octanol–water partition coefficient (Wildman–Crippen LogP) is 1.55. The lowest BCUT2D eigenvalue weighted by Gasteiger charge is -2.38. The molecule has 0 saturated carbocycles. The van der Waals surface area contributed by atoms with Gasteiger partial charge in [-0.1, -0.05) is 6.92 Å². The maximum absolute atomic E-state index is 6.16. The molecule has 0 aliphatic carbocycles. The molecule has 1 aliphatic rings. The molecule has 0 radical (unpaired) electrons. The fourth-order valence-electron chi connectivity index (χ4n) is 1.57. The highest BCUT2D eigenvalue weighted by Gasteiger charge is 2.25. The summed E-state index contributed by atoms with van der Waals surface area (Å²) in [4.78, 5) is 2.53. The molecular weight excluding hydrogens is 180 g/mol. The highest BCUT2D eigenvalue weighted by Crippen LogP contribution is 2.18. The van der Waals surface area contributed by atoms with Gasteiger partial charge in [0.25, 0.3) is 0 Å². The number of hydrogen-bond donors (Lipinski definition) is 1. The maximum atomic E-state index is 6.16. The van der Waals surface area contributed by atoms with Crippen LogP contribution in [0.1, 0.15) is 27.2 Å². The molecule has 3 heteroatoms. The Morgan fingerprint density at radius 1 is 1.62 bits per heavy atom. The van der Waals surface area contributed by atoms with Crippen LogP contribution in [0.25, 0.3) is 0 Å². The summed E-state index contributed by atoms with van der Waals surface area (Å²) in [6.45, 7) is 8.88. The molecule has 1 rings (SSSR count). The molecular formula is C10H22N2S. The summed E-state index contributed by atoms with van der Waals surface area (Å²) >= 11 is 2.06. The summed E-state index contributed by atoms with van der Waals surface area (Å²) in [5.41, 5.74) is 6.16. The first kappa shape index (κ1) is 11.3. The minimum atomic E-state index is -0.00370. The molecule has 1 saturated heterocycles. The Morgan fingerprint density at radius 2 is 2.31 bits per heavy atom. The summed E-state index contributed by atoms with van der Waals surface area (Å²) in [7, 11) is 0. The number of nitrogens with two attached hydrogens (primary N) is 1. The number of thioether (sulfide) groups is 1. The fourth-order valence-corrected chi connectivity index (χ4v) is 2.65. The summed E-state index contributed by atoms with van der Waals surface area (Å²) < 4.78 is 0. The first-order valence-electron chi connectivity index (χ1n) is 5.16. The molecule has 13 heavy (non-hydrogen) atoms. The second-order valence-electron chi connectivity index (χ2n) is 4.40. The fraction of sp³-hybridized carbons (Fsp3) is 1.00. The Bertz CT molecular complexity index is 159. The van der Waals surface area contributed by atoms with Gasteiger partial charge in [0.1, 0.15) is 0 Å². The van der Waals surface area contributed by atoms with E-state index >= 15 is 0 Å². The number of hydrogen-bond acceptors (Lipinski definition) is 3. The van der Waals surface area contributed by atoms with Gasteiger partial charge in [-0.15, -0.1) is 0 Å². The van der Waals surface area contributed by atoms with Crippen molar-refractivity contribution in [1.29, 1.82) is 0 Å². The van der Waals surface area contributed by atoms with Gasteiger partial charge in [0, 0.05) is 36.2 Å². The third-order valence-corrected chi connectivity index (χ3v) is 4.07. The standard InChI is InChI=1S/C10H22N2S/c1-4-10(3,11)8-12-5-6-13-7-9(12)2/h9H,4-8,11H2,1-3H3. The third-order valence-electron chi connectivity index (χ3n) is 2.88. The zero-order valence-electron chi connectivity index (χ0n) is 9.05. The Balaban J connectivity index is 2.42. The Morgan fingerprint density at radius 3 is 2.85 bits per heavy atom. The topological polar surface area (TPSA) is 29.3 Å². The van der Waals surface area contributed by atoms with Crippen LogP contribution in [-0.4, -0.2) is 41.1 Å². The molecule has 78 valence electrons. The van der Waals surface area contributed by atoms with Crippen LogP contribution in [-0.2, 0) is 0 Å². The summed E-state index contributed by atoms with van der Waals surface area (Å²) in [5, 5.41) is 0. The molecule has 1 aliphatic heterocycles. The average molecular weight is 202 g/mol. The second kappa shape index (κ2) is 4.67. The molecule has 0 spiro atoms. The summed E-state index contributed by atoms with van der Waals surface area (Å²) in [6, 6.07) is 0.702. The Hall–Kier alpha value is 0.270. The van der Waals surface area contributed by atoms with E-state index in [1.165, 1.54) is 18.1 Å². The first-order valence-corrected chi connectivity index (χ1v) is 6.31. The van der Waals surface area contributed by atoms with Crippen LogP contribution in [0.15, 0.2) is 0 Å². The highest BCUT2D eigenvalue weighted by atomic mass is 32.2. The van der Waals surface area contributed by atoms with E-state index in [4.69, 9.17) is 5.73 Å². The van der Waals surface area contributed by atoms with Crippen LogP contribution in [0.2, 0.25) is 0 Å². The van der Waals surface area contributed by atoms with Gasteiger partial charge in [-0.2, -0.15) is 11.8 Å². The van der Waals surface area contributed by atoms with Gasteiger partial charge in [-0.3, -0.25) is 4.90 Å². The van der Waals surface area contributed by atoms with Crippen molar-refractivity contribution in [1.82, 2.24) is 4.90 Å². The van der Waals surface area contributed by atoms with Crippen molar-refractivity contribution >= 4 is 11.8 Å². The number of rotatable bonds is 3. The average Bonchev–Trinajstić information content (AvgIpc) is 2.09. The van der Waals surface area contributed by atoms with Gasteiger partial charge in [0.2, 0.25) is 0 Å². The third kappa shape index (κ3) is 3.49. The largest absolute Gasteiger partial charge is 0.324 e. The van der Waals surface area contributed by atoms with Crippen LogP contribution in [0.5, 0.6) is 0 Å². The zero-order chi connectivity index (χ0) is 9.90. The normalized spacial score (nSPS) is 30.0. The van der Waals surface area contributed by atoms with Crippen molar-refractivity contribution in [2.75, 3.05) is 24.6 Å². The lowest BCUT2D eigenvalue weighted by atomic mass is 9.99. The van der Waals surface area contributed by atoms with Gasteiger partial charge in [-0.05, 0) is 20.3 Å². The van der Waals surface area contributed by atoms with Gasteiger partial charge >= 0.3 is 0 Å². The van der Waals surface area contributed by atoms with Crippen LogP contribution >= 0.6 is 11.8 Å². The molecule has 0 aromatic heterocycles. The lowest BCUT2D eigenvalue weighted by Crippen LogP contribution is -2.52.